The molecule has 0 saturated heterocycles. The molecule has 4 aliphatic rings. The van der Waals surface area contributed by atoms with Crippen molar-refractivity contribution in [2.45, 2.75) is 46.0 Å². The van der Waals surface area contributed by atoms with Crippen LogP contribution in [0, 0.1) is 29.1 Å². The van der Waals surface area contributed by atoms with Crippen molar-refractivity contribution in [2.24, 2.45) is 29.1 Å². The number of rotatable bonds is 2. The number of aliphatic carboxylic acids is 1. The molecule has 17 heavy (non-hydrogen) atoms. The first-order valence-corrected chi connectivity index (χ1v) is 6.91. The van der Waals surface area contributed by atoms with Gasteiger partial charge in [-0.1, -0.05) is 13.0 Å². The molecular weight excluding hydrogens is 212 g/mol. The Morgan fingerprint density at radius 2 is 1.59 bits per heavy atom. The molecule has 4 aliphatic carbocycles. The summed E-state index contributed by atoms with van der Waals surface area (Å²) in [5.41, 5.74) is 0.704. The van der Waals surface area contributed by atoms with Crippen molar-refractivity contribution in [3.8, 4) is 0 Å². The maximum Gasteiger partial charge on any atom is 0.330 e. The number of carboxylic acids is 1. The Balaban J connectivity index is 1.92. The second-order valence-electron chi connectivity index (χ2n) is 6.80. The summed E-state index contributed by atoms with van der Waals surface area (Å²) in [6.45, 7) is 4.06. The van der Waals surface area contributed by atoms with E-state index in [1.165, 1.54) is 32.1 Å². The highest BCUT2D eigenvalue weighted by molar-refractivity contribution is 5.85. The number of allylic oxidation sites excluding steroid dienone is 1. The summed E-state index contributed by atoms with van der Waals surface area (Å²) in [5, 5.41) is 9.08. The molecule has 2 nitrogen and oxygen atoms in total. The largest absolute Gasteiger partial charge is 0.478 e. The number of carboxylic acid groups (broad SMARTS) is 1. The van der Waals surface area contributed by atoms with Gasteiger partial charge in [0.2, 0.25) is 0 Å². The van der Waals surface area contributed by atoms with Crippen LogP contribution in [-0.4, -0.2) is 11.1 Å². The van der Waals surface area contributed by atoms with Gasteiger partial charge in [0.1, 0.15) is 0 Å². The van der Waals surface area contributed by atoms with E-state index in [4.69, 9.17) is 5.11 Å². The molecule has 4 fully saturated rings. The summed E-state index contributed by atoms with van der Waals surface area (Å²) in [4.78, 5) is 11.0. The standard InChI is InChI=1S/C15H22O2/c1-9(14(16)17)8-15(2)12-4-10-3-11(6-12)7-13(15)5-10/h8,10-13H,3-7H2,1-2H3,(H,16,17)/b9-8+. The summed E-state index contributed by atoms with van der Waals surface area (Å²) in [6, 6.07) is 0. The lowest BCUT2D eigenvalue weighted by molar-refractivity contribution is -0.132. The maximum absolute atomic E-state index is 11.0. The van der Waals surface area contributed by atoms with E-state index >= 15 is 0 Å². The molecule has 0 heterocycles. The highest BCUT2D eigenvalue weighted by atomic mass is 16.4. The predicted octanol–water partition coefficient (Wildman–Crippen LogP) is 3.48. The molecule has 94 valence electrons. The Hall–Kier alpha value is -0.790. The second kappa shape index (κ2) is 3.60. The molecule has 1 N–H and O–H groups in total. The molecule has 0 aromatic heterocycles. The number of hydrogen-bond donors (Lipinski definition) is 1. The minimum absolute atomic E-state index is 0.163. The molecule has 4 bridgehead atoms. The van der Waals surface area contributed by atoms with Gasteiger partial charge in [0, 0.05) is 5.57 Å². The van der Waals surface area contributed by atoms with Gasteiger partial charge in [-0.3, -0.25) is 0 Å². The van der Waals surface area contributed by atoms with E-state index in [0.29, 0.717) is 5.57 Å². The summed E-state index contributed by atoms with van der Waals surface area (Å²) in [6.07, 6.45) is 8.90. The molecule has 0 spiro atoms. The minimum atomic E-state index is -0.750. The monoisotopic (exact) mass is 234 g/mol. The smallest absolute Gasteiger partial charge is 0.330 e. The van der Waals surface area contributed by atoms with E-state index in [1.54, 1.807) is 6.92 Å². The van der Waals surface area contributed by atoms with Gasteiger partial charge >= 0.3 is 5.97 Å². The van der Waals surface area contributed by atoms with Gasteiger partial charge in [-0.05, 0) is 68.1 Å². The lowest BCUT2D eigenvalue weighted by Crippen LogP contribution is -2.50. The quantitative estimate of drug-likeness (QED) is 0.743. The molecular formula is C15H22O2. The first kappa shape index (κ1) is 11.3. The van der Waals surface area contributed by atoms with E-state index in [-0.39, 0.29) is 5.41 Å². The molecule has 0 aromatic carbocycles. The average molecular weight is 234 g/mol. The maximum atomic E-state index is 11.0. The SMILES string of the molecule is C/C(=C\C1(C)C2CC3CC(C2)CC1C3)C(=O)O. The first-order chi connectivity index (χ1) is 7.99. The number of carbonyl (C=O) groups is 1. The molecule has 4 saturated carbocycles. The summed E-state index contributed by atoms with van der Waals surface area (Å²) in [5.74, 6) is 2.63. The molecule has 2 heteroatoms. The second-order valence-corrected chi connectivity index (χ2v) is 6.80. The molecule has 0 unspecified atom stereocenters. The van der Waals surface area contributed by atoms with Gasteiger partial charge < -0.3 is 5.11 Å². The van der Waals surface area contributed by atoms with Gasteiger partial charge in [-0.2, -0.15) is 0 Å². The molecule has 0 aliphatic heterocycles. The minimum Gasteiger partial charge on any atom is -0.478 e. The van der Waals surface area contributed by atoms with Gasteiger partial charge in [0.25, 0.3) is 0 Å². The van der Waals surface area contributed by atoms with Crippen LogP contribution >= 0.6 is 0 Å². The van der Waals surface area contributed by atoms with Crippen LogP contribution in [0.15, 0.2) is 11.6 Å². The Bertz CT molecular complexity index is 352. The van der Waals surface area contributed by atoms with Crippen LogP contribution < -0.4 is 0 Å². The van der Waals surface area contributed by atoms with Crippen molar-refractivity contribution in [3.05, 3.63) is 11.6 Å². The lowest BCUT2D eigenvalue weighted by atomic mass is 9.46. The van der Waals surface area contributed by atoms with Crippen LogP contribution in [0.5, 0.6) is 0 Å². The molecule has 4 rings (SSSR count). The van der Waals surface area contributed by atoms with Crippen molar-refractivity contribution in [3.63, 3.8) is 0 Å². The van der Waals surface area contributed by atoms with Crippen LogP contribution in [0.3, 0.4) is 0 Å². The van der Waals surface area contributed by atoms with Crippen LogP contribution in [0.2, 0.25) is 0 Å². The lowest BCUT2D eigenvalue weighted by Gasteiger charge is -2.59. The third-order valence-corrected chi connectivity index (χ3v) is 5.76. The highest BCUT2D eigenvalue weighted by Crippen LogP contribution is 2.62. The van der Waals surface area contributed by atoms with Crippen LogP contribution in [0.4, 0.5) is 0 Å². The zero-order chi connectivity index (χ0) is 12.2. The van der Waals surface area contributed by atoms with Crippen LogP contribution in [0.25, 0.3) is 0 Å². The predicted molar refractivity (Wildman–Crippen MR) is 66.5 cm³/mol. The Kier molecular flexibility index (Phi) is 2.39. The van der Waals surface area contributed by atoms with E-state index in [0.717, 1.165) is 23.7 Å². The summed E-state index contributed by atoms with van der Waals surface area (Å²) >= 11 is 0. The van der Waals surface area contributed by atoms with E-state index in [2.05, 4.69) is 13.0 Å². The van der Waals surface area contributed by atoms with Crippen molar-refractivity contribution in [1.29, 1.82) is 0 Å². The Morgan fingerprint density at radius 1 is 1.12 bits per heavy atom. The fraction of sp³-hybridized carbons (Fsp3) is 0.800. The Labute approximate surface area is 103 Å². The van der Waals surface area contributed by atoms with E-state index in [1.807, 2.05) is 0 Å². The van der Waals surface area contributed by atoms with Crippen molar-refractivity contribution < 1.29 is 9.90 Å². The van der Waals surface area contributed by atoms with Crippen molar-refractivity contribution in [1.82, 2.24) is 0 Å². The molecule has 0 radical (unpaired) electrons. The summed E-state index contributed by atoms with van der Waals surface area (Å²) < 4.78 is 0. The van der Waals surface area contributed by atoms with E-state index in [9.17, 15) is 4.79 Å². The molecule has 0 atom stereocenters. The first-order valence-electron chi connectivity index (χ1n) is 6.91. The van der Waals surface area contributed by atoms with Crippen molar-refractivity contribution in [2.75, 3.05) is 0 Å². The van der Waals surface area contributed by atoms with E-state index < -0.39 is 5.97 Å². The van der Waals surface area contributed by atoms with Gasteiger partial charge in [0.05, 0.1) is 0 Å². The zero-order valence-corrected chi connectivity index (χ0v) is 10.8. The average Bonchev–Trinajstić information content (AvgIpc) is 2.25. The third kappa shape index (κ3) is 1.64. The summed E-state index contributed by atoms with van der Waals surface area (Å²) in [7, 11) is 0. The fourth-order valence-electron chi connectivity index (χ4n) is 4.96. The van der Waals surface area contributed by atoms with Gasteiger partial charge in [0.15, 0.2) is 0 Å². The normalized spacial score (nSPS) is 48.5. The number of hydrogen-bond acceptors (Lipinski definition) is 1. The highest BCUT2D eigenvalue weighted by Gasteiger charge is 2.53. The van der Waals surface area contributed by atoms with Gasteiger partial charge in [-0.15, -0.1) is 0 Å². The molecule has 0 amide bonds. The topological polar surface area (TPSA) is 37.3 Å². The van der Waals surface area contributed by atoms with Gasteiger partial charge in [-0.25, -0.2) is 4.79 Å². The third-order valence-electron chi connectivity index (χ3n) is 5.76. The Morgan fingerprint density at radius 3 is 2.00 bits per heavy atom. The molecule has 0 aromatic rings. The van der Waals surface area contributed by atoms with Crippen molar-refractivity contribution >= 4 is 5.97 Å². The zero-order valence-electron chi connectivity index (χ0n) is 10.8. The fourth-order valence-corrected chi connectivity index (χ4v) is 4.96. The van der Waals surface area contributed by atoms with Crippen LogP contribution in [-0.2, 0) is 4.79 Å². The van der Waals surface area contributed by atoms with Crippen LogP contribution in [0.1, 0.15) is 46.0 Å².